The molecule has 2 aromatic rings. The first-order valence-corrected chi connectivity index (χ1v) is 9.71. The largest absolute Gasteiger partial charge is 0.454 e. The number of carbonyl (C=O) groups excluding carboxylic acids is 1. The fourth-order valence-electron chi connectivity index (χ4n) is 3.27. The van der Waals surface area contributed by atoms with E-state index in [9.17, 15) is 13.2 Å². The van der Waals surface area contributed by atoms with Crippen LogP contribution in [-0.4, -0.2) is 21.1 Å². The first-order chi connectivity index (χ1) is 12.3. The van der Waals surface area contributed by atoms with Gasteiger partial charge in [-0.05, 0) is 41.8 Å². The van der Waals surface area contributed by atoms with Gasteiger partial charge in [-0.15, -0.1) is 0 Å². The third-order valence-corrected chi connectivity index (χ3v) is 5.88. The molecule has 0 radical (unpaired) electrons. The number of sulfonamides is 1. The van der Waals surface area contributed by atoms with E-state index in [-0.39, 0.29) is 29.4 Å². The molecule has 0 bridgehead atoms. The Bertz CT molecular complexity index is 1000. The molecule has 0 spiro atoms. The summed E-state index contributed by atoms with van der Waals surface area (Å²) < 4.78 is 38.4. The van der Waals surface area contributed by atoms with E-state index in [1.807, 2.05) is 13.8 Å². The van der Waals surface area contributed by atoms with Gasteiger partial charge in [0.2, 0.25) is 12.7 Å². The predicted octanol–water partition coefficient (Wildman–Crippen LogP) is 2.91. The Morgan fingerprint density at radius 1 is 1.12 bits per heavy atom. The normalized spacial score (nSPS) is 18.0. The van der Waals surface area contributed by atoms with Gasteiger partial charge in [0.15, 0.2) is 11.5 Å². The monoisotopic (exact) mass is 374 g/mol. The lowest BCUT2D eigenvalue weighted by Crippen LogP contribution is -2.17. The molecule has 0 saturated carbocycles. The van der Waals surface area contributed by atoms with Gasteiger partial charge in [0.05, 0.1) is 10.8 Å². The lowest BCUT2D eigenvalue weighted by molar-refractivity contribution is -0.117. The van der Waals surface area contributed by atoms with E-state index in [2.05, 4.69) is 10.0 Å². The van der Waals surface area contributed by atoms with Gasteiger partial charge in [-0.25, -0.2) is 8.42 Å². The number of hydrogen-bond acceptors (Lipinski definition) is 5. The summed E-state index contributed by atoms with van der Waals surface area (Å²) in [6.45, 7) is 4.00. The number of nitrogens with one attached hydrogen (secondary N) is 2. The summed E-state index contributed by atoms with van der Waals surface area (Å²) >= 11 is 0. The smallest absolute Gasteiger partial charge is 0.262 e. The molecular weight excluding hydrogens is 356 g/mol. The van der Waals surface area contributed by atoms with Crippen molar-refractivity contribution in [2.45, 2.75) is 24.7 Å². The molecule has 1 unspecified atom stereocenters. The zero-order valence-electron chi connectivity index (χ0n) is 14.3. The van der Waals surface area contributed by atoms with Gasteiger partial charge in [0, 0.05) is 17.4 Å². The molecule has 2 aliphatic rings. The molecule has 2 aromatic carbocycles. The maximum Gasteiger partial charge on any atom is 0.262 e. The van der Waals surface area contributed by atoms with Crippen LogP contribution >= 0.6 is 0 Å². The van der Waals surface area contributed by atoms with Crippen LogP contribution in [0.4, 0.5) is 11.4 Å². The van der Waals surface area contributed by atoms with Crippen LogP contribution in [0.15, 0.2) is 41.3 Å². The zero-order valence-corrected chi connectivity index (χ0v) is 15.1. The van der Waals surface area contributed by atoms with Crippen molar-refractivity contribution in [1.29, 1.82) is 0 Å². The molecule has 4 rings (SSSR count). The third-order valence-electron chi connectivity index (χ3n) is 4.50. The Morgan fingerprint density at radius 3 is 2.65 bits per heavy atom. The third kappa shape index (κ3) is 2.76. The summed E-state index contributed by atoms with van der Waals surface area (Å²) in [5.74, 6) is 0.671. The van der Waals surface area contributed by atoms with E-state index in [0.29, 0.717) is 17.2 Å². The molecule has 1 amide bonds. The summed E-state index contributed by atoms with van der Waals surface area (Å²) in [5, 5.41) is 2.83. The van der Waals surface area contributed by atoms with Crippen molar-refractivity contribution in [2.75, 3.05) is 16.8 Å². The molecule has 2 N–H and O–H groups in total. The van der Waals surface area contributed by atoms with Crippen molar-refractivity contribution < 1.29 is 22.7 Å². The number of hydrogen-bond donors (Lipinski definition) is 2. The van der Waals surface area contributed by atoms with Crippen LogP contribution in [0.2, 0.25) is 0 Å². The van der Waals surface area contributed by atoms with Crippen LogP contribution in [0.5, 0.6) is 11.5 Å². The van der Waals surface area contributed by atoms with Gasteiger partial charge in [-0.1, -0.05) is 13.8 Å². The molecule has 0 aromatic heterocycles. The molecule has 0 aliphatic carbocycles. The van der Waals surface area contributed by atoms with Crippen molar-refractivity contribution in [3.05, 3.63) is 42.0 Å². The van der Waals surface area contributed by atoms with Crippen molar-refractivity contribution in [1.82, 2.24) is 0 Å². The van der Waals surface area contributed by atoms with E-state index >= 15 is 0 Å². The molecule has 0 fully saturated rings. The number of ether oxygens (including phenoxy) is 2. The van der Waals surface area contributed by atoms with E-state index < -0.39 is 10.0 Å². The molecule has 7 nitrogen and oxygen atoms in total. The van der Waals surface area contributed by atoms with E-state index in [1.54, 1.807) is 24.3 Å². The van der Waals surface area contributed by atoms with Gasteiger partial charge < -0.3 is 14.8 Å². The van der Waals surface area contributed by atoms with E-state index in [1.165, 1.54) is 12.1 Å². The van der Waals surface area contributed by atoms with Gasteiger partial charge >= 0.3 is 0 Å². The van der Waals surface area contributed by atoms with E-state index in [0.717, 1.165) is 11.3 Å². The van der Waals surface area contributed by atoms with Crippen molar-refractivity contribution >= 4 is 27.3 Å². The minimum Gasteiger partial charge on any atom is -0.454 e. The van der Waals surface area contributed by atoms with Crippen molar-refractivity contribution in [2.24, 2.45) is 5.92 Å². The molecule has 136 valence electrons. The standard InChI is InChI=1S/C18H18N2O5S/c1-10(2)17-13-7-11(3-5-14(13)19-18(17)21)20-26(22,23)12-4-6-15-16(8-12)25-9-24-15/h3-8,10,17,20H,9H2,1-2H3,(H,19,21). The first kappa shape index (κ1) is 16.7. The molecule has 26 heavy (non-hydrogen) atoms. The second kappa shape index (κ2) is 5.91. The second-order valence-corrected chi connectivity index (χ2v) is 8.32. The highest BCUT2D eigenvalue weighted by atomic mass is 32.2. The maximum atomic E-state index is 12.7. The fraction of sp³-hybridized carbons (Fsp3) is 0.278. The highest BCUT2D eigenvalue weighted by Gasteiger charge is 2.33. The van der Waals surface area contributed by atoms with Crippen LogP contribution in [-0.2, 0) is 14.8 Å². The SMILES string of the molecule is CC(C)C1C(=O)Nc2ccc(NS(=O)(=O)c3ccc4c(c3)OCO4)cc21. The molecule has 1 atom stereocenters. The zero-order chi connectivity index (χ0) is 18.5. The number of benzene rings is 2. The average Bonchev–Trinajstić information content (AvgIpc) is 3.16. The minimum atomic E-state index is -3.79. The highest BCUT2D eigenvalue weighted by molar-refractivity contribution is 7.92. The molecule has 2 heterocycles. The number of carbonyl (C=O) groups is 1. The predicted molar refractivity (Wildman–Crippen MR) is 96.0 cm³/mol. The molecule has 0 saturated heterocycles. The summed E-state index contributed by atoms with van der Waals surface area (Å²) in [4.78, 5) is 12.2. The average molecular weight is 374 g/mol. The molecular formula is C18H18N2O5S. The minimum absolute atomic E-state index is 0.0641. The Balaban J connectivity index is 1.64. The number of fused-ring (bicyclic) bond motifs is 2. The van der Waals surface area contributed by atoms with Crippen LogP contribution < -0.4 is 19.5 Å². The van der Waals surface area contributed by atoms with Gasteiger partial charge in [-0.2, -0.15) is 0 Å². The Labute approximate surface area is 151 Å². The van der Waals surface area contributed by atoms with Gasteiger partial charge in [-0.3, -0.25) is 9.52 Å². The molecule has 8 heteroatoms. The van der Waals surface area contributed by atoms with Crippen LogP contribution in [0.1, 0.15) is 25.3 Å². The lowest BCUT2D eigenvalue weighted by atomic mass is 9.89. The van der Waals surface area contributed by atoms with Crippen molar-refractivity contribution in [3.63, 3.8) is 0 Å². The number of rotatable bonds is 4. The van der Waals surface area contributed by atoms with Gasteiger partial charge in [0.25, 0.3) is 10.0 Å². The summed E-state index contributed by atoms with van der Waals surface area (Å²) in [5.41, 5.74) is 1.93. The number of amides is 1. The van der Waals surface area contributed by atoms with Crippen LogP contribution in [0.3, 0.4) is 0 Å². The number of anilines is 2. The Kier molecular flexibility index (Phi) is 3.80. The first-order valence-electron chi connectivity index (χ1n) is 8.22. The summed E-state index contributed by atoms with van der Waals surface area (Å²) in [6, 6.07) is 9.52. The second-order valence-electron chi connectivity index (χ2n) is 6.63. The summed E-state index contributed by atoms with van der Waals surface area (Å²) in [7, 11) is -3.79. The quantitative estimate of drug-likeness (QED) is 0.858. The lowest BCUT2D eigenvalue weighted by Gasteiger charge is -2.14. The summed E-state index contributed by atoms with van der Waals surface area (Å²) in [6.07, 6.45) is 0. The van der Waals surface area contributed by atoms with E-state index in [4.69, 9.17) is 9.47 Å². The topological polar surface area (TPSA) is 93.7 Å². The fourth-order valence-corrected chi connectivity index (χ4v) is 4.33. The van der Waals surface area contributed by atoms with Crippen LogP contribution in [0.25, 0.3) is 0 Å². The molecule has 2 aliphatic heterocycles. The highest BCUT2D eigenvalue weighted by Crippen LogP contribution is 2.39. The van der Waals surface area contributed by atoms with Gasteiger partial charge in [0.1, 0.15) is 0 Å². The van der Waals surface area contributed by atoms with Crippen LogP contribution in [0, 0.1) is 5.92 Å². The maximum absolute atomic E-state index is 12.7. The van der Waals surface area contributed by atoms with Crippen molar-refractivity contribution in [3.8, 4) is 11.5 Å². The Hall–Kier alpha value is -2.74. The Morgan fingerprint density at radius 2 is 1.88 bits per heavy atom.